The monoisotopic (exact) mass is 331 g/mol. The molecule has 0 aliphatic rings. The van der Waals surface area contributed by atoms with E-state index in [0.717, 1.165) is 0 Å². The van der Waals surface area contributed by atoms with E-state index in [-0.39, 0.29) is 18.6 Å². The average Bonchev–Trinajstić information content (AvgIpc) is 2.34. The van der Waals surface area contributed by atoms with E-state index in [1.54, 1.807) is 6.07 Å². The van der Waals surface area contributed by atoms with E-state index in [1.165, 1.54) is 0 Å². The van der Waals surface area contributed by atoms with Crippen LogP contribution >= 0.6 is 15.9 Å². The van der Waals surface area contributed by atoms with Crippen LogP contribution in [-0.2, 0) is 5.41 Å². The molecule has 108 valence electrons. The van der Waals surface area contributed by atoms with Gasteiger partial charge in [0.25, 0.3) is 0 Å². The summed E-state index contributed by atoms with van der Waals surface area (Å²) in [5.74, 6) is 1.29. The molecule has 0 amide bonds. The Bertz CT molecular complexity index is 420. The van der Waals surface area contributed by atoms with Crippen LogP contribution in [0.2, 0.25) is 0 Å². The van der Waals surface area contributed by atoms with Crippen LogP contribution in [0.15, 0.2) is 10.7 Å². The molecule has 0 atom stereocenters. The van der Waals surface area contributed by atoms with E-state index >= 15 is 0 Å². The van der Waals surface area contributed by atoms with Gasteiger partial charge in [0.2, 0.25) is 0 Å². The number of halogens is 1. The lowest BCUT2D eigenvalue weighted by molar-refractivity contribution is 0.132. The number of hydrogen-bond donors (Lipinski definition) is 3. The number of aromatic nitrogens is 2. The average molecular weight is 332 g/mol. The van der Waals surface area contributed by atoms with Crippen molar-refractivity contribution in [3.63, 3.8) is 0 Å². The van der Waals surface area contributed by atoms with Crippen molar-refractivity contribution in [3.8, 4) is 0 Å². The molecule has 0 unspecified atom stereocenters. The Morgan fingerprint density at radius 2 is 1.79 bits per heavy atom. The third-order valence-corrected chi connectivity index (χ3v) is 3.45. The Labute approximate surface area is 122 Å². The summed E-state index contributed by atoms with van der Waals surface area (Å²) in [5.41, 5.74) is -0.934. The molecule has 1 rings (SSSR count). The molecule has 19 heavy (non-hydrogen) atoms. The minimum Gasteiger partial charge on any atom is -0.394 e. The first-order valence-corrected chi connectivity index (χ1v) is 7.10. The maximum atomic E-state index is 9.46. The van der Waals surface area contributed by atoms with Gasteiger partial charge in [-0.25, -0.2) is 9.97 Å². The zero-order chi connectivity index (χ0) is 14.7. The smallest absolute Gasteiger partial charge is 0.137 e. The van der Waals surface area contributed by atoms with Crippen LogP contribution in [0.1, 0.15) is 39.9 Å². The van der Waals surface area contributed by atoms with Gasteiger partial charge in [0.05, 0.1) is 18.8 Å². The summed E-state index contributed by atoms with van der Waals surface area (Å²) in [6, 6.07) is 1.74. The molecule has 0 aliphatic carbocycles. The fourth-order valence-corrected chi connectivity index (χ4v) is 1.91. The molecule has 3 N–H and O–H groups in total. The van der Waals surface area contributed by atoms with E-state index in [0.29, 0.717) is 22.7 Å². The molecular formula is C13H22BrN3O2. The van der Waals surface area contributed by atoms with Crippen molar-refractivity contribution in [2.24, 2.45) is 0 Å². The molecule has 0 spiro atoms. The van der Waals surface area contributed by atoms with Gasteiger partial charge in [-0.2, -0.15) is 0 Å². The minimum atomic E-state index is -0.761. The summed E-state index contributed by atoms with van der Waals surface area (Å²) in [7, 11) is 0. The first-order valence-electron chi connectivity index (χ1n) is 6.31. The van der Waals surface area contributed by atoms with Crippen molar-refractivity contribution in [3.05, 3.63) is 16.5 Å². The highest BCUT2D eigenvalue weighted by Gasteiger charge is 2.28. The molecule has 0 aromatic carbocycles. The van der Waals surface area contributed by atoms with E-state index < -0.39 is 5.54 Å². The van der Waals surface area contributed by atoms with Gasteiger partial charge in [0.1, 0.15) is 16.2 Å². The summed E-state index contributed by atoms with van der Waals surface area (Å²) < 4.78 is 0.677. The summed E-state index contributed by atoms with van der Waals surface area (Å²) in [4.78, 5) is 8.81. The number of hydrogen-bond acceptors (Lipinski definition) is 5. The summed E-state index contributed by atoms with van der Waals surface area (Å²) in [5, 5.41) is 22.0. The maximum absolute atomic E-state index is 9.46. The van der Waals surface area contributed by atoms with Crippen LogP contribution in [0, 0.1) is 0 Å². The van der Waals surface area contributed by atoms with Gasteiger partial charge in [-0.05, 0) is 22.4 Å². The topological polar surface area (TPSA) is 78.3 Å². The van der Waals surface area contributed by atoms with Crippen LogP contribution in [0.4, 0.5) is 5.82 Å². The predicted octanol–water partition coefficient (Wildman–Crippen LogP) is 2.08. The van der Waals surface area contributed by atoms with Crippen molar-refractivity contribution in [1.82, 2.24) is 9.97 Å². The second kappa shape index (κ2) is 6.15. The van der Waals surface area contributed by atoms with Gasteiger partial charge < -0.3 is 15.5 Å². The van der Waals surface area contributed by atoms with Gasteiger partial charge in [0.15, 0.2) is 0 Å². The van der Waals surface area contributed by atoms with E-state index in [4.69, 9.17) is 0 Å². The van der Waals surface area contributed by atoms with Gasteiger partial charge in [-0.1, -0.05) is 27.7 Å². The van der Waals surface area contributed by atoms with Crippen LogP contribution in [0.5, 0.6) is 0 Å². The van der Waals surface area contributed by atoms with Crippen molar-refractivity contribution < 1.29 is 10.2 Å². The van der Waals surface area contributed by atoms with E-state index in [2.05, 4.69) is 31.2 Å². The molecule has 0 saturated carbocycles. The molecule has 0 fully saturated rings. The quantitative estimate of drug-likeness (QED) is 0.720. The van der Waals surface area contributed by atoms with Crippen LogP contribution in [0.3, 0.4) is 0 Å². The van der Waals surface area contributed by atoms with Crippen LogP contribution in [0.25, 0.3) is 0 Å². The predicted molar refractivity (Wildman–Crippen MR) is 79.2 cm³/mol. The standard InChI is InChI=1S/C13H22BrN3O2/c1-5-13(7-18,8-19)17-10-6-9(14)15-11(16-10)12(2,3)4/h6,18-19H,5,7-8H2,1-4H3,(H,15,16,17). The van der Waals surface area contributed by atoms with Crippen molar-refractivity contribution in [2.45, 2.75) is 45.1 Å². The number of nitrogens with one attached hydrogen (secondary N) is 1. The summed E-state index contributed by atoms with van der Waals surface area (Å²) >= 11 is 3.36. The van der Waals surface area contributed by atoms with E-state index in [1.807, 2.05) is 27.7 Å². The zero-order valence-electron chi connectivity index (χ0n) is 11.9. The highest BCUT2D eigenvalue weighted by atomic mass is 79.9. The van der Waals surface area contributed by atoms with Crippen molar-refractivity contribution in [1.29, 1.82) is 0 Å². The third kappa shape index (κ3) is 4.12. The number of rotatable bonds is 5. The second-order valence-corrected chi connectivity index (χ2v) is 6.54. The fourth-order valence-electron chi connectivity index (χ4n) is 1.53. The Hall–Kier alpha value is -0.720. The number of aliphatic hydroxyl groups is 2. The van der Waals surface area contributed by atoms with Gasteiger partial charge in [0, 0.05) is 11.5 Å². The first kappa shape index (κ1) is 16.3. The molecule has 0 bridgehead atoms. The summed E-state index contributed by atoms with van der Waals surface area (Å²) in [6.07, 6.45) is 0.590. The Morgan fingerprint density at radius 1 is 1.21 bits per heavy atom. The number of anilines is 1. The van der Waals surface area contributed by atoms with E-state index in [9.17, 15) is 10.2 Å². The van der Waals surface area contributed by atoms with Gasteiger partial charge in [-0.15, -0.1) is 0 Å². The lowest BCUT2D eigenvalue weighted by atomic mass is 9.95. The zero-order valence-corrected chi connectivity index (χ0v) is 13.5. The fraction of sp³-hybridized carbons (Fsp3) is 0.692. The number of aliphatic hydroxyl groups excluding tert-OH is 2. The first-order chi connectivity index (χ1) is 8.76. The largest absolute Gasteiger partial charge is 0.394 e. The molecule has 6 heteroatoms. The second-order valence-electron chi connectivity index (χ2n) is 5.72. The molecule has 1 aromatic heterocycles. The molecule has 1 aromatic rings. The highest BCUT2D eigenvalue weighted by Crippen LogP contribution is 2.24. The lowest BCUT2D eigenvalue weighted by Crippen LogP contribution is -2.45. The Kier molecular flexibility index (Phi) is 5.29. The molecule has 0 radical (unpaired) electrons. The Balaban J connectivity index is 3.11. The number of nitrogens with zero attached hydrogens (tertiary/aromatic N) is 2. The summed E-state index contributed by atoms with van der Waals surface area (Å²) in [6.45, 7) is 7.68. The van der Waals surface area contributed by atoms with Crippen molar-refractivity contribution >= 4 is 21.7 Å². The molecule has 0 aliphatic heterocycles. The minimum absolute atomic E-state index is 0.160. The SMILES string of the molecule is CCC(CO)(CO)Nc1cc(Br)nc(C(C)(C)C)n1. The maximum Gasteiger partial charge on any atom is 0.137 e. The molecular weight excluding hydrogens is 310 g/mol. The molecule has 5 nitrogen and oxygen atoms in total. The van der Waals surface area contributed by atoms with Crippen LogP contribution < -0.4 is 5.32 Å². The van der Waals surface area contributed by atoms with Crippen LogP contribution in [-0.4, -0.2) is 38.9 Å². The molecule has 1 heterocycles. The Morgan fingerprint density at radius 3 is 2.21 bits per heavy atom. The lowest BCUT2D eigenvalue weighted by Gasteiger charge is -2.30. The van der Waals surface area contributed by atoms with Gasteiger partial charge in [-0.3, -0.25) is 0 Å². The van der Waals surface area contributed by atoms with Crippen molar-refractivity contribution in [2.75, 3.05) is 18.5 Å². The van der Waals surface area contributed by atoms with Gasteiger partial charge >= 0.3 is 0 Å². The normalized spacial score (nSPS) is 12.6. The molecule has 0 saturated heterocycles. The highest BCUT2D eigenvalue weighted by molar-refractivity contribution is 9.10. The third-order valence-electron chi connectivity index (χ3n) is 3.04.